The highest BCUT2D eigenvalue weighted by Gasteiger charge is 2.19. The molecule has 0 spiro atoms. The molecule has 0 unspecified atom stereocenters. The van der Waals surface area contributed by atoms with Crippen LogP contribution in [0.15, 0.2) is 66.6 Å². The third kappa shape index (κ3) is 6.46. The quantitative estimate of drug-likeness (QED) is 0.181. The first-order valence-electron chi connectivity index (χ1n) is 10.6. The Morgan fingerprint density at radius 1 is 1.28 bits per heavy atom. The molecule has 36 heavy (non-hydrogen) atoms. The molecule has 6 nitrogen and oxygen atoms in total. The number of alkyl halides is 2. The third-order valence-corrected chi connectivity index (χ3v) is 5.13. The lowest BCUT2D eigenvalue weighted by Gasteiger charge is -2.10. The average Bonchev–Trinajstić information content (AvgIpc) is 3.30. The highest BCUT2D eigenvalue weighted by Crippen LogP contribution is 2.33. The van der Waals surface area contributed by atoms with Gasteiger partial charge in [-0.25, -0.2) is 13.5 Å². The molecule has 0 aliphatic rings. The first-order chi connectivity index (χ1) is 17.3. The predicted octanol–water partition coefficient (Wildman–Crippen LogP) is 6.35. The van der Waals surface area contributed by atoms with Crippen molar-refractivity contribution in [3.63, 3.8) is 0 Å². The Morgan fingerprint density at radius 3 is 2.72 bits per heavy atom. The van der Waals surface area contributed by atoms with Crippen molar-refractivity contribution in [2.75, 3.05) is 6.54 Å². The number of carbonyl (C=O) groups excluding carboxylic acids is 1. The van der Waals surface area contributed by atoms with Gasteiger partial charge in [0.1, 0.15) is 23.1 Å². The third-order valence-electron chi connectivity index (χ3n) is 4.93. The van der Waals surface area contributed by atoms with Crippen molar-refractivity contribution in [1.29, 1.82) is 0 Å². The molecule has 0 amide bonds. The fourth-order valence-corrected chi connectivity index (χ4v) is 3.43. The Balaban J connectivity index is 2.22. The van der Waals surface area contributed by atoms with Gasteiger partial charge in [0, 0.05) is 41.0 Å². The van der Waals surface area contributed by atoms with E-state index in [-0.39, 0.29) is 22.6 Å². The molecule has 0 saturated heterocycles. The van der Waals surface area contributed by atoms with Crippen LogP contribution in [0.2, 0.25) is 0 Å². The molecule has 3 rings (SSSR count). The zero-order valence-electron chi connectivity index (χ0n) is 19.0. The van der Waals surface area contributed by atoms with Crippen LogP contribution in [0.25, 0.3) is 28.3 Å². The normalized spacial score (nSPS) is 11.9. The van der Waals surface area contributed by atoms with E-state index < -0.39 is 24.0 Å². The summed E-state index contributed by atoms with van der Waals surface area (Å²) in [5, 5.41) is 7.64. The predicted molar refractivity (Wildman–Crippen MR) is 130 cm³/mol. The summed E-state index contributed by atoms with van der Waals surface area (Å²) < 4.78 is 59.0. The number of hydrogen-bond acceptors (Lipinski definition) is 5. The van der Waals surface area contributed by atoms with Crippen LogP contribution in [0, 0.1) is 5.82 Å². The Morgan fingerprint density at radius 2 is 2.06 bits per heavy atom. The number of nitrogens with zero attached hydrogens (tertiary/aromatic N) is 3. The Labute approximate surface area is 209 Å². The van der Waals surface area contributed by atoms with Gasteiger partial charge in [-0.1, -0.05) is 25.1 Å². The summed E-state index contributed by atoms with van der Waals surface area (Å²) in [7, 11) is 0. The molecule has 0 aliphatic heterocycles. The van der Waals surface area contributed by atoms with Gasteiger partial charge in [0.25, 0.3) is 0 Å². The molecule has 0 aliphatic carbocycles. The molecule has 11 heteroatoms. The van der Waals surface area contributed by atoms with Crippen molar-refractivity contribution in [3.8, 4) is 28.4 Å². The van der Waals surface area contributed by atoms with Crippen LogP contribution < -0.4 is 10.1 Å². The molecule has 1 aromatic carbocycles. The monoisotopic (exact) mass is 520 g/mol. The minimum Gasteiger partial charge on any atom is -0.435 e. The number of nitrogens with one attached hydrogen (secondary N) is 1. The molecule has 188 valence electrons. The highest BCUT2D eigenvalue weighted by molar-refractivity contribution is 6.25. The number of halogens is 5. The summed E-state index contributed by atoms with van der Waals surface area (Å²) in [4.78, 5) is 16.0. The van der Waals surface area contributed by atoms with E-state index in [4.69, 9.17) is 11.6 Å². The van der Waals surface area contributed by atoms with E-state index in [1.807, 2.05) is 6.92 Å². The lowest BCUT2D eigenvalue weighted by Crippen LogP contribution is -2.15. The van der Waals surface area contributed by atoms with E-state index in [1.165, 1.54) is 29.1 Å². The summed E-state index contributed by atoms with van der Waals surface area (Å²) in [5.74, 6) is -1.98. The van der Waals surface area contributed by atoms with Gasteiger partial charge in [-0.3, -0.25) is 9.78 Å². The first-order valence-corrected chi connectivity index (χ1v) is 11.0. The van der Waals surface area contributed by atoms with E-state index in [9.17, 15) is 22.4 Å². The van der Waals surface area contributed by atoms with Crippen LogP contribution in [0.1, 0.15) is 22.8 Å². The summed E-state index contributed by atoms with van der Waals surface area (Å²) in [5.41, 5.74) is 2.84. The number of hydrogen-bond donors (Lipinski definition) is 1. The van der Waals surface area contributed by atoms with E-state index >= 15 is 0 Å². The van der Waals surface area contributed by atoms with Gasteiger partial charge in [-0.05, 0) is 43.0 Å². The van der Waals surface area contributed by atoms with Crippen LogP contribution in [-0.2, 0) is 6.54 Å². The standard InChI is InChI=1S/C25H21ClF4N4O2/c1-3-31-13-21-16(14-35)6-7-32-24(21)22-11-23(34(33-22)15(2)4-5-18(27)12-26)17-8-19(28)10-20(9-17)36-25(29)30/h4-12,14,25,31H,2-3,13H2,1H3/b5-4-,18-12-. The Bertz CT molecular complexity index is 1320. The van der Waals surface area contributed by atoms with Gasteiger partial charge in [-0.15, -0.1) is 0 Å². The van der Waals surface area contributed by atoms with Crippen molar-refractivity contribution in [3.05, 3.63) is 83.6 Å². The Hall–Kier alpha value is -3.76. The minimum absolute atomic E-state index is 0.132. The topological polar surface area (TPSA) is 69.0 Å². The molecule has 3 aromatic rings. The molecule has 2 aromatic heterocycles. The van der Waals surface area contributed by atoms with Crippen LogP contribution >= 0.6 is 11.6 Å². The molecule has 2 heterocycles. The maximum absolute atomic E-state index is 14.3. The van der Waals surface area contributed by atoms with Gasteiger partial charge in [0.05, 0.1) is 17.1 Å². The second kappa shape index (κ2) is 12.3. The largest absolute Gasteiger partial charge is 0.435 e. The second-order valence-corrected chi connectivity index (χ2v) is 7.54. The molecule has 1 N–H and O–H groups in total. The number of carbonyl (C=O) groups is 1. The van der Waals surface area contributed by atoms with Gasteiger partial charge in [0.2, 0.25) is 0 Å². The summed E-state index contributed by atoms with van der Waals surface area (Å²) in [6.07, 6.45) is 4.46. The van der Waals surface area contributed by atoms with Crippen molar-refractivity contribution < 1.29 is 27.1 Å². The molecule has 0 bridgehead atoms. The number of allylic oxidation sites excluding steroid dienone is 4. The van der Waals surface area contributed by atoms with E-state index in [0.717, 1.165) is 23.7 Å². The maximum atomic E-state index is 14.3. The Kier molecular flexibility index (Phi) is 9.15. The van der Waals surface area contributed by atoms with Crippen LogP contribution in [0.5, 0.6) is 5.75 Å². The fraction of sp³-hybridized carbons (Fsp3) is 0.160. The first kappa shape index (κ1) is 26.8. The van der Waals surface area contributed by atoms with Gasteiger partial charge >= 0.3 is 6.61 Å². The number of benzene rings is 1. The number of aromatic nitrogens is 3. The van der Waals surface area contributed by atoms with E-state index in [0.29, 0.717) is 36.2 Å². The molecule has 0 radical (unpaired) electrons. The SMILES string of the molecule is C=C(/C=C\C(F)=C\Cl)n1nc(-c2nccc(C=O)c2CNCC)cc1-c1cc(F)cc(OC(F)F)c1. The van der Waals surface area contributed by atoms with Crippen molar-refractivity contribution in [2.24, 2.45) is 0 Å². The van der Waals surface area contributed by atoms with Crippen molar-refractivity contribution in [2.45, 2.75) is 20.1 Å². The summed E-state index contributed by atoms with van der Waals surface area (Å²) >= 11 is 5.36. The van der Waals surface area contributed by atoms with Gasteiger partial charge in [-0.2, -0.15) is 13.9 Å². The van der Waals surface area contributed by atoms with Crippen LogP contribution in [0.4, 0.5) is 17.6 Å². The van der Waals surface area contributed by atoms with Crippen LogP contribution in [-0.4, -0.2) is 34.2 Å². The second-order valence-electron chi connectivity index (χ2n) is 7.32. The molecule has 0 saturated carbocycles. The smallest absolute Gasteiger partial charge is 0.387 e. The minimum atomic E-state index is -3.16. The van der Waals surface area contributed by atoms with E-state index in [1.54, 1.807) is 6.07 Å². The zero-order valence-corrected chi connectivity index (χ0v) is 19.8. The maximum Gasteiger partial charge on any atom is 0.387 e. The lowest BCUT2D eigenvalue weighted by atomic mass is 10.0. The van der Waals surface area contributed by atoms with E-state index in [2.05, 4.69) is 26.7 Å². The summed E-state index contributed by atoms with van der Waals surface area (Å²) in [6.45, 7) is 3.55. The van der Waals surface area contributed by atoms with Gasteiger partial charge in [0.15, 0.2) is 6.29 Å². The number of ether oxygens (including phenoxy) is 1. The average molecular weight is 521 g/mol. The fourth-order valence-electron chi connectivity index (χ4n) is 3.36. The lowest BCUT2D eigenvalue weighted by molar-refractivity contribution is -0.0499. The van der Waals surface area contributed by atoms with Crippen LogP contribution in [0.3, 0.4) is 0 Å². The molecule has 0 fully saturated rings. The molecular weight excluding hydrogens is 500 g/mol. The van der Waals surface area contributed by atoms with Gasteiger partial charge < -0.3 is 10.1 Å². The molecular formula is C25H21ClF4N4O2. The number of aldehydes is 1. The van der Waals surface area contributed by atoms with Crippen molar-refractivity contribution in [1.82, 2.24) is 20.1 Å². The zero-order chi connectivity index (χ0) is 26.2. The van der Waals surface area contributed by atoms with Crippen molar-refractivity contribution >= 4 is 23.6 Å². The highest BCUT2D eigenvalue weighted by atomic mass is 35.5. The number of pyridine rings is 1. The number of rotatable bonds is 11. The molecule has 0 atom stereocenters. The summed E-state index contributed by atoms with van der Waals surface area (Å²) in [6, 6.07) is 6.21.